The number of hydrogen-bond donors (Lipinski definition) is 1. The molecule has 1 atom stereocenters. The molecule has 1 saturated heterocycles. The molecule has 156 valence electrons. The van der Waals surface area contributed by atoms with Crippen molar-refractivity contribution in [2.75, 3.05) is 46.9 Å². The lowest BCUT2D eigenvalue weighted by Crippen LogP contribution is -2.49. The number of methoxy groups -OCH3 is 2. The average molecular weight is 398 g/mol. The van der Waals surface area contributed by atoms with Gasteiger partial charge in [-0.25, -0.2) is 0 Å². The molecule has 2 aromatic carbocycles. The van der Waals surface area contributed by atoms with Crippen molar-refractivity contribution in [1.29, 1.82) is 0 Å². The summed E-state index contributed by atoms with van der Waals surface area (Å²) in [7, 11) is 3.23. The third-order valence-electron chi connectivity index (χ3n) is 5.37. The van der Waals surface area contributed by atoms with E-state index >= 15 is 0 Å². The monoisotopic (exact) mass is 397 g/mol. The SMILES string of the molecule is COc1ccc(C(C)NC(=O)CN2CCN(Cc3ccccc3)CC2)cc1OC. The van der Waals surface area contributed by atoms with Crippen LogP contribution in [0.4, 0.5) is 0 Å². The first-order valence-corrected chi connectivity index (χ1v) is 10.1. The van der Waals surface area contributed by atoms with Gasteiger partial charge in [0.05, 0.1) is 26.8 Å². The number of piperazine rings is 1. The largest absolute Gasteiger partial charge is 0.493 e. The van der Waals surface area contributed by atoms with Crippen molar-refractivity contribution in [3.8, 4) is 11.5 Å². The highest BCUT2D eigenvalue weighted by atomic mass is 16.5. The molecule has 6 nitrogen and oxygen atoms in total. The van der Waals surface area contributed by atoms with Crippen LogP contribution < -0.4 is 14.8 Å². The van der Waals surface area contributed by atoms with E-state index in [2.05, 4.69) is 39.4 Å². The molecule has 1 heterocycles. The van der Waals surface area contributed by atoms with Gasteiger partial charge in [0.15, 0.2) is 11.5 Å². The lowest BCUT2D eigenvalue weighted by molar-refractivity contribution is -0.123. The summed E-state index contributed by atoms with van der Waals surface area (Å²) >= 11 is 0. The smallest absolute Gasteiger partial charge is 0.234 e. The maximum atomic E-state index is 12.5. The molecule has 0 saturated carbocycles. The number of amides is 1. The van der Waals surface area contributed by atoms with E-state index in [1.807, 2.05) is 31.2 Å². The standard InChI is InChI=1S/C23H31N3O3/c1-18(20-9-10-21(28-2)22(15-20)29-3)24-23(27)17-26-13-11-25(12-14-26)16-19-7-5-4-6-8-19/h4-10,15,18H,11-14,16-17H2,1-3H3,(H,24,27). The van der Waals surface area contributed by atoms with E-state index in [0.717, 1.165) is 38.3 Å². The highest BCUT2D eigenvalue weighted by molar-refractivity contribution is 5.78. The van der Waals surface area contributed by atoms with Gasteiger partial charge in [-0.2, -0.15) is 0 Å². The summed E-state index contributed by atoms with van der Waals surface area (Å²) in [6.07, 6.45) is 0. The van der Waals surface area contributed by atoms with E-state index in [1.165, 1.54) is 5.56 Å². The van der Waals surface area contributed by atoms with Gasteiger partial charge in [0, 0.05) is 32.7 Å². The van der Waals surface area contributed by atoms with Crippen molar-refractivity contribution in [2.45, 2.75) is 19.5 Å². The van der Waals surface area contributed by atoms with E-state index in [-0.39, 0.29) is 11.9 Å². The number of carbonyl (C=O) groups excluding carboxylic acids is 1. The van der Waals surface area contributed by atoms with Crippen LogP contribution in [0.1, 0.15) is 24.1 Å². The Morgan fingerprint density at radius 3 is 2.28 bits per heavy atom. The molecule has 1 N–H and O–H groups in total. The summed E-state index contributed by atoms with van der Waals surface area (Å²) in [5, 5.41) is 3.09. The van der Waals surface area contributed by atoms with Crippen LogP contribution in [-0.4, -0.2) is 62.7 Å². The number of benzene rings is 2. The molecule has 1 amide bonds. The molecule has 29 heavy (non-hydrogen) atoms. The first-order valence-electron chi connectivity index (χ1n) is 10.1. The molecule has 0 aliphatic carbocycles. The lowest BCUT2D eigenvalue weighted by Gasteiger charge is -2.34. The zero-order chi connectivity index (χ0) is 20.6. The third kappa shape index (κ3) is 5.95. The summed E-state index contributed by atoms with van der Waals surface area (Å²) in [5.41, 5.74) is 2.33. The quantitative estimate of drug-likeness (QED) is 0.742. The van der Waals surface area contributed by atoms with Gasteiger partial charge in [-0.05, 0) is 30.2 Å². The lowest BCUT2D eigenvalue weighted by atomic mass is 10.1. The average Bonchev–Trinajstić information content (AvgIpc) is 2.75. The predicted molar refractivity (Wildman–Crippen MR) is 114 cm³/mol. The van der Waals surface area contributed by atoms with Crippen LogP contribution in [0.5, 0.6) is 11.5 Å². The van der Waals surface area contributed by atoms with Gasteiger partial charge in [-0.15, -0.1) is 0 Å². The van der Waals surface area contributed by atoms with Crippen molar-refractivity contribution in [3.05, 3.63) is 59.7 Å². The van der Waals surface area contributed by atoms with E-state index < -0.39 is 0 Å². The number of carbonyl (C=O) groups is 1. The summed E-state index contributed by atoms with van der Waals surface area (Å²) in [6.45, 7) is 7.15. The second kappa shape index (κ2) is 10.3. The Labute approximate surface area is 173 Å². The Hall–Kier alpha value is -2.57. The molecule has 0 radical (unpaired) electrons. The van der Waals surface area contributed by atoms with Gasteiger partial charge in [-0.1, -0.05) is 36.4 Å². The van der Waals surface area contributed by atoms with Gasteiger partial charge >= 0.3 is 0 Å². The molecule has 1 aliphatic heterocycles. The molecule has 1 fully saturated rings. The van der Waals surface area contributed by atoms with E-state index in [1.54, 1.807) is 14.2 Å². The molecule has 3 rings (SSSR count). The van der Waals surface area contributed by atoms with Crippen molar-refractivity contribution < 1.29 is 14.3 Å². The van der Waals surface area contributed by atoms with Gasteiger partial charge in [0.1, 0.15) is 0 Å². The second-order valence-electron chi connectivity index (χ2n) is 7.44. The van der Waals surface area contributed by atoms with Crippen molar-refractivity contribution >= 4 is 5.91 Å². The zero-order valence-electron chi connectivity index (χ0n) is 17.6. The Balaban J connectivity index is 1.45. The van der Waals surface area contributed by atoms with E-state index in [4.69, 9.17) is 9.47 Å². The normalized spacial score (nSPS) is 16.2. The number of hydrogen-bond acceptors (Lipinski definition) is 5. The number of nitrogens with one attached hydrogen (secondary N) is 1. The molecular weight excluding hydrogens is 366 g/mol. The van der Waals surface area contributed by atoms with Crippen LogP contribution in [0.3, 0.4) is 0 Å². The van der Waals surface area contributed by atoms with Crippen LogP contribution in [0, 0.1) is 0 Å². The first-order chi connectivity index (χ1) is 14.1. The van der Waals surface area contributed by atoms with Crippen LogP contribution in [0.15, 0.2) is 48.5 Å². The Morgan fingerprint density at radius 2 is 1.62 bits per heavy atom. The van der Waals surface area contributed by atoms with Crippen molar-refractivity contribution in [1.82, 2.24) is 15.1 Å². The van der Waals surface area contributed by atoms with E-state index in [0.29, 0.717) is 18.0 Å². The summed E-state index contributed by atoms with van der Waals surface area (Å²) in [6, 6.07) is 16.2. The molecule has 2 aromatic rings. The van der Waals surface area contributed by atoms with Gasteiger partial charge in [0.2, 0.25) is 5.91 Å². The number of rotatable bonds is 8. The van der Waals surface area contributed by atoms with Gasteiger partial charge in [0.25, 0.3) is 0 Å². The number of nitrogens with zero attached hydrogens (tertiary/aromatic N) is 2. The molecule has 0 spiro atoms. The zero-order valence-corrected chi connectivity index (χ0v) is 17.6. The Kier molecular flexibility index (Phi) is 7.49. The fourth-order valence-electron chi connectivity index (χ4n) is 3.64. The van der Waals surface area contributed by atoms with Crippen molar-refractivity contribution in [2.24, 2.45) is 0 Å². The van der Waals surface area contributed by atoms with Crippen molar-refractivity contribution in [3.63, 3.8) is 0 Å². The van der Waals surface area contributed by atoms with Crippen LogP contribution >= 0.6 is 0 Å². The number of ether oxygens (including phenoxy) is 2. The molecular formula is C23H31N3O3. The second-order valence-corrected chi connectivity index (χ2v) is 7.44. The van der Waals surface area contributed by atoms with Crippen LogP contribution in [0.2, 0.25) is 0 Å². The van der Waals surface area contributed by atoms with E-state index in [9.17, 15) is 4.79 Å². The maximum Gasteiger partial charge on any atom is 0.234 e. The van der Waals surface area contributed by atoms with Gasteiger partial charge < -0.3 is 14.8 Å². The highest BCUT2D eigenvalue weighted by Gasteiger charge is 2.20. The molecule has 6 heteroatoms. The Bertz CT molecular complexity index is 789. The minimum atomic E-state index is -0.0957. The highest BCUT2D eigenvalue weighted by Crippen LogP contribution is 2.29. The summed E-state index contributed by atoms with van der Waals surface area (Å²) in [5.74, 6) is 1.40. The minimum absolute atomic E-state index is 0.0452. The summed E-state index contributed by atoms with van der Waals surface area (Å²) in [4.78, 5) is 17.2. The van der Waals surface area contributed by atoms with Crippen LogP contribution in [-0.2, 0) is 11.3 Å². The topological polar surface area (TPSA) is 54.0 Å². The molecule has 0 aromatic heterocycles. The maximum absolute atomic E-state index is 12.5. The fourth-order valence-corrected chi connectivity index (χ4v) is 3.64. The summed E-state index contributed by atoms with van der Waals surface area (Å²) < 4.78 is 10.6. The Morgan fingerprint density at radius 1 is 0.966 bits per heavy atom. The first kappa shape index (κ1) is 21.1. The molecule has 1 aliphatic rings. The minimum Gasteiger partial charge on any atom is -0.493 e. The fraction of sp³-hybridized carbons (Fsp3) is 0.435. The van der Waals surface area contributed by atoms with Crippen LogP contribution in [0.25, 0.3) is 0 Å². The van der Waals surface area contributed by atoms with Gasteiger partial charge in [-0.3, -0.25) is 14.6 Å². The molecule has 0 bridgehead atoms. The third-order valence-corrected chi connectivity index (χ3v) is 5.37. The molecule has 1 unspecified atom stereocenters. The predicted octanol–water partition coefficient (Wildman–Crippen LogP) is 2.70.